The van der Waals surface area contributed by atoms with Gasteiger partial charge in [0.25, 0.3) is 0 Å². The highest BCUT2D eigenvalue weighted by Gasteiger charge is 2.39. The van der Waals surface area contributed by atoms with Crippen LogP contribution in [0.15, 0.2) is 12.2 Å². The first-order chi connectivity index (χ1) is 11.0. The fourth-order valence-electron chi connectivity index (χ4n) is 3.39. The average Bonchev–Trinajstić information content (AvgIpc) is 2.75. The third-order valence-corrected chi connectivity index (χ3v) is 4.75. The summed E-state index contributed by atoms with van der Waals surface area (Å²) in [4.78, 5) is 10.4. The monoisotopic (exact) mass is 328 g/mol. The fourth-order valence-corrected chi connectivity index (χ4v) is 3.39. The van der Waals surface area contributed by atoms with Crippen LogP contribution >= 0.6 is 0 Å². The molecule has 1 aliphatic carbocycles. The van der Waals surface area contributed by atoms with Crippen LogP contribution in [0.1, 0.15) is 64.7 Å². The maximum absolute atomic E-state index is 10.4. The van der Waals surface area contributed by atoms with Gasteiger partial charge < -0.3 is 20.4 Å². The molecule has 0 spiro atoms. The molecule has 23 heavy (non-hydrogen) atoms. The molecule has 0 bridgehead atoms. The largest absolute Gasteiger partial charge is 0.481 e. The zero-order valence-electron chi connectivity index (χ0n) is 14.1. The Hall–Kier alpha value is -0.910. The van der Waals surface area contributed by atoms with Crippen molar-refractivity contribution in [2.45, 2.75) is 83.0 Å². The van der Waals surface area contributed by atoms with Gasteiger partial charge in [0.2, 0.25) is 0 Å². The molecular weight excluding hydrogens is 296 g/mol. The highest BCUT2D eigenvalue weighted by molar-refractivity contribution is 5.66. The predicted octanol–water partition coefficient (Wildman–Crippen LogP) is 2.49. The number of carboxylic acid groups (broad SMARTS) is 1. The molecule has 1 fully saturated rings. The molecule has 0 aliphatic heterocycles. The topological polar surface area (TPSA) is 98.0 Å². The molecule has 0 aromatic rings. The first-order valence-corrected chi connectivity index (χ1v) is 8.90. The molecule has 0 heterocycles. The van der Waals surface area contributed by atoms with Crippen molar-refractivity contribution in [1.29, 1.82) is 0 Å². The average molecular weight is 328 g/mol. The molecule has 0 saturated heterocycles. The smallest absolute Gasteiger partial charge is 0.303 e. The van der Waals surface area contributed by atoms with Crippen molar-refractivity contribution in [3.63, 3.8) is 0 Å². The van der Waals surface area contributed by atoms with Gasteiger partial charge >= 0.3 is 5.97 Å². The van der Waals surface area contributed by atoms with Gasteiger partial charge in [0.05, 0.1) is 18.3 Å². The van der Waals surface area contributed by atoms with Crippen molar-refractivity contribution < 1.29 is 25.2 Å². The van der Waals surface area contributed by atoms with Crippen LogP contribution in [-0.4, -0.2) is 44.7 Å². The minimum Gasteiger partial charge on any atom is -0.481 e. The van der Waals surface area contributed by atoms with E-state index in [2.05, 4.69) is 6.92 Å². The number of aliphatic hydroxyl groups excluding tert-OH is 3. The van der Waals surface area contributed by atoms with E-state index >= 15 is 0 Å². The summed E-state index contributed by atoms with van der Waals surface area (Å²) in [6, 6.07) is 0. The maximum Gasteiger partial charge on any atom is 0.303 e. The van der Waals surface area contributed by atoms with Gasteiger partial charge in [-0.3, -0.25) is 4.79 Å². The van der Waals surface area contributed by atoms with E-state index in [0.29, 0.717) is 25.7 Å². The van der Waals surface area contributed by atoms with Crippen molar-refractivity contribution in [2.24, 2.45) is 11.8 Å². The van der Waals surface area contributed by atoms with Gasteiger partial charge in [0.1, 0.15) is 0 Å². The summed E-state index contributed by atoms with van der Waals surface area (Å²) in [6.45, 7) is 2.14. The van der Waals surface area contributed by atoms with E-state index < -0.39 is 24.3 Å². The summed E-state index contributed by atoms with van der Waals surface area (Å²) >= 11 is 0. The van der Waals surface area contributed by atoms with E-state index in [1.54, 1.807) is 6.08 Å². The fraction of sp³-hybridized carbons (Fsp3) is 0.833. The van der Waals surface area contributed by atoms with Crippen LogP contribution in [0.4, 0.5) is 0 Å². The Bertz CT molecular complexity index is 368. The quantitative estimate of drug-likeness (QED) is 0.345. The van der Waals surface area contributed by atoms with Gasteiger partial charge in [-0.15, -0.1) is 0 Å². The molecular formula is C18H32O5. The lowest BCUT2D eigenvalue weighted by Gasteiger charge is -2.21. The van der Waals surface area contributed by atoms with Crippen LogP contribution in [0.3, 0.4) is 0 Å². The molecule has 0 amide bonds. The molecule has 5 nitrogen and oxygen atoms in total. The van der Waals surface area contributed by atoms with Crippen LogP contribution in [0.2, 0.25) is 0 Å². The molecule has 5 heteroatoms. The van der Waals surface area contributed by atoms with Gasteiger partial charge in [-0.25, -0.2) is 0 Å². The van der Waals surface area contributed by atoms with Gasteiger partial charge in [0.15, 0.2) is 0 Å². The first-order valence-electron chi connectivity index (χ1n) is 8.90. The first kappa shape index (κ1) is 20.1. The van der Waals surface area contributed by atoms with Crippen LogP contribution in [0, 0.1) is 11.8 Å². The van der Waals surface area contributed by atoms with E-state index in [0.717, 1.165) is 25.7 Å². The summed E-state index contributed by atoms with van der Waals surface area (Å²) in [5, 5.41) is 38.7. The minimum atomic E-state index is -0.812. The van der Waals surface area contributed by atoms with Gasteiger partial charge in [0, 0.05) is 18.8 Å². The Labute approximate surface area is 139 Å². The Morgan fingerprint density at radius 1 is 1.17 bits per heavy atom. The highest BCUT2D eigenvalue weighted by Crippen LogP contribution is 2.37. The molecule has 5 atom stereocenters. The standard InChI is InChI=1S/C18H32O5/c1-2-3-4-8-14-15(17(21)12-16(14)20)11-10-13(19)7-5-6-9-18(22)23/h10-11,13-17,19-21H,2-9,12H2,1H3,(H,22,23)/b11-10+/t13-,14+,15-,16+,17-/m1/s1. The number of carboxylic acids is 1. The summed E-state index contributed by atoms with van der Waals surface area (Å²) < 4.78 is 0. The lowest BCUT2D eigenvalue weighted by Crippen LogP contribution is -2.21. The number of carbonyl (C=O) groups is 1. The number of rotatable bonds is 11. The predicted molar refractivity (Wildman–Crippen MR) is 89.0 cm³/mol. The van der Waals surface area contributed by atoms with E-state index in [1.165, 1.54) is 0 Å². The third-order valence-electron chi connectivity index (χ3n) is 4.75. The van der Waals surface area contributed by atoms with E-state index in [9.17, 15) is 20.1 Å². The lowest BCUT2D eigenvalue weighted by atomic mass is 9.88. The maximum atomic E-state index is 10.4. The Balaban J connectivity index is 2.42. The van der Waals surface area contributed by atoms with Crippen molar-refractivity contribution in [1.82, 2.24) is 0 Å². The normalized spacial score (nSPS) is 29.2. The molecule has 1 aliphatic rings. The lowest BCUT2D eigenvalue weighted by molar-refractivity contribution is -0.137. The molecule has 1 rings (SSSR count). The number of hydrogen-bond donors (Lipinski definition) is 4. The molecule has 0 unspecified atom stereocenters. The van der Waals surface area contributed by atoms with Crippen LogP contribution < -0.4 is 0 Å². The Morgan fingerprint density at radius 2 is 1.91 bits per heavy atom. The highest BCUT2D eigenvalue weighted by atomic mass is 16.4. The minimum absolute atomic E-state index is 0.0620. The number of unbranched alkanes of at least 4 members (excludes halogenated alkanes) is 3. The summed E-state index contributed by atoms with van der Waals surface area (Å²) in [7, 11) is 0. The number of aliphatic hydroxyl groups is 3. The van der Waals surface area contributed by atoms with Gasteiger partial charge in [-0.2, -0.15) is 0 Å². The summed E-state index contributed by atoms with van der Waals surface area (Å²) in [6.07, 6.45) is 8.38. The summed E-state index contributed by atoms with van der Waals surface area (Å²) in [5.41, 5.74) is 0. The molecule has 1 saturated carbocycles. The zero-order chi connectivity index (χ0) is 17.2. The molecule has 4 N–H and O–H groups in total. The van der Waals surface area contributed by atoms with Crippen molar-refractivity contribution >= 4 is 5.97 Å². The van der Waals surface area contributed by atoms with E-state index in [-0.39, 0.29) is 18.3 Å². The zero-order valence-corrected chi connectivity index (χ0v) is 14.1. The molecule has 0 aromatic heterocycles. The van der Waals surface area contributed by atoms with Crippen LogP contribution in [0.25, 0.3) is 0 Å². The SMILES string of the molecule is CCCCC[C@H]1[C@@H](/C=C/[C@H](O)CCCCC(=O)O)[C@H](O)C[C@@H]1O. The number of aliphatic carboxylic acids is 1. The van der Waals surface area contributed by atoms with Crippen LogP contribution in [-0.2, 0) is 4.79 Å². The summed E-state index contributed by atoms with van der Waals surface area (Å²) in [5.74, 6) is -0.851. The third kappa shape index (κ3) is 7.46. The van der Waals surface area contributed by atoms with Crippen molar-refractivity contribution in [3.05, 3.63) is 12.2 Å². The second-order valence-corrected chi connectivity index (χ2v) is 6.70. The van der Waals surface area contributed by atoms with Crippen molar-refractivity contribution in [2.75, 3.05) is 0 Å². The van der Waals surface area contributed by atoms with Gasteiger partial charge in [-0.1, -0.05) is 38.3 Å². The molecule has 0 aromatic carbocycles. The van der Waals surface area contributed by atoms with Gasteiger partial charge in [-0.05, 0) is 31.6 Å². The second-order valence-electron chi connectivity index (χ2n) is 6.70. The Morgan fingerprint density at radius 3 is 2.57 bits per heavy atom. The Kier molecular flexibility index (Phi) is 9.44. The van der Waals surface area contributed by atoms with Crippen LogP contribution in [0.5, 0.6) is 0 Å². The van der Waals surface area contributed by atoms with Crippen molar-refractivity contribution in [3.8, 4) is 0 Å². The van der Waals surface area contributed by atoms with E-state index in [4.69, 9.17) is 5.11 Å². The second kappa shape index (κ2) is 10.8. The van der Waals surface area contributed by atoms with E-state index in [1.807, 2.05) is 6.08 Å². The molecule has 134 valence electrons. The number of hydrogen-bond acceptors (Lipinski definition) is 4. The molecule has 0 radical (unpaired) electrons.